The van der Waals surface area contributed by atoms with Crippen LogP contribution in [0.4, 0.5) is 8.78 Å². The molecule has 4 atom stereocenters. The Morgan fingerprint density at radius 3 is 2.00 bits per heavy atom. The van der Waals surface area contributed by atoms with Crippen molar-refractivity contribution in [2.45, 2.75) is 110 Å². The normalized spacial score (nSPS) is 29.6. The SMILES string of the molecule is CCCc1ccc(C2CCC(C3CCC4CC(COc5ccc(CCC)c(F)c5F)CCC4C3)CC2)cc1. The molecule has 3 saturated carbocycles. The molecular formula is C35H48F2O. The van der Waals surface area contributed by atoms with Gasteiger partial charge in [0.1, 0.15) is 0 Å². The Balaban J connectivity index is 1.06. The minimum Gasteiger partial charge on any atom is -0.490 e. The van der Waals surface area contributed by atoms with Crippen LogP contribution in [0.5, 0.6) is 5.75 Å². The van der Waals surface area contributed by atoms with E-state index in [0.29, 0.717) is 24.5 Å². The van der Waals surface area contributed by atoms with Gasteiger partial charge >= 0.3 is 0 Å². The van der Waals surface area contributed by atoms with E-state index in [1.54, 1.807) is 17.7 Å². The number of fused-ring (bicyclic) bond motifs is 1. The molecule has 0 heterocycles. The standard InChI is InChI=1S/C35H48F2O/c1-3-5-24-7-10-26(11-8-24)27-13-15-28(16-14-27)31-18-17-30-21-25(9-12-32(30)22-31)23-38-33-20-19-29(6-4-2)34(36)35(33)37/h7-8,10-11,19-20,25,27-28,30-32H,3-6,9,12-18,21-23H2,1-2H3. The average Bonchev–Trinajstić information content (AvgIpc) is 2.95. The lowest BCUT2D eigenvalue weighted by atomic mass is 9.61. The van der Waals surface area contributed by atoms with Gasteiger partial charge in [0.25, 0.3) is 0 Å². The highest BCUT2D eigenvalue weighted by atomic mass is 19.2. The van der Waals surface area contributed by atoms with E-state index >= 15 is 0 Å². The molecule has 0 N–H and O–H groups in total. The molecule has 0 aliphatic heterocycles. The highest BCUT2D eigenvalue weighted by molar-refractivity contribution is 5.31. The molecule has 2 aromatic rings. The van der Waals surface area contributed by atoms with Gasteiger partial charge in [0.05, 0.1) is 6.61 Å². The van der Waals surface area contributed by atoms with Gasteiger partial charge < -0.3 is 4.74 Å². The number of hydrogen-bond donors (Lipinski definition) is 0. The molecule has 3 heteroatoms. The number of benzene rings is 2. The maximum absolute atomic E-state index is 14.5. The van der Waals surface area contributed by atoms with Crippen molar-refractivity contribution in [1.82, 2.24) is 0 Å². The van der Waals surface area contributed by atoms with E-state index in [0.717, 1.165) is 42.4 Å². The molecular weight excluding hydrogens is 474 g/mol. The molecule has 3 aliphatic rings. The Kier molecular flexibility index (Phi) is 9.44. The molecule has 3 aliphatic carbocycles. The van der Waals surface area contributed by atoms with Crippen molar-refractivity contribution in [2.24, 2.45) is 29.6 Å². The van der Waals surface area contributed by atoms with E-state index < -0.39 is 11.6 Å². The van der Waals surface area contributed by atoms with Crippen LogP contribution in [-0.4, -0.2) is 6.61 Å². The second kappa shape index (κ2) is 13.0. The van der Waals surface area contributed by atoms with E-state index in [2.05, 4.69) is 31.2 Å². The van der Waals surface area contributed by atoms with Crippen LogP contribution in [0, 0.1) is 41.2 Å². The Bertz CT molecular complexity index is 1020. The summed E-state index contributed by atoms with van der Waals surface area (Å²) < 4.78 is 34.6. The van der Waals surface area contributed by atoms with Crippen LogP contribution in [0.25, 0.3) is 0 Å². The quantitative estimate of drug-likeness (QED) is 0.318. The van der Waals surface area contributed by atoms with Gasteiger partial charge in [-0.15, -0.1) is 0 Å². The molecule has 5 rings (SSSR count). The summed E-state index contributed by atoms with van der Waals surface area (Å²) in [5.74, 6) is 3.24. The summed E-state index contributed by atoms with van der Waals surface area (Å²) in [6, 6.07) is 12.8. The largest absolute Gasteiger partial charge is 0.490 e. The van der Waals surface area contributed by atoms with Crippen LogP contribution in [0.3, 0.4) is 0 Å². The van der Waals surface area contributed by atoms with Crippen LogP contribution in [0.1, 0.15) is 114 Å². The molecule has 0 bridgehead atoms. The smallest absolute Gasteiger partial charge is 0.200 e. The fourth-order valence-corrected chi connectivity index (χ4v) is 8.12. The number of halogens is 2. The molecule has 0 spiro atoms. The van der Waals surface area contributed by atoms with E-state index in [9.17, 15) is 8.78 Å². The molecule has 3 fully saturated rings. The summed E-state index contributed by atoms with van der Waals surface area (Å²) in [6.45, 7) is 4.74. The van der Waals surface area contributed by atoms with Gasteiger partial charge in [0.15, 0.2) is 11.6 Å². The molecule has 208 valence electrons. The highest BCUT2D eigenvalue weighted by Crippen LogP contribution is 2.50. The molecule has 2 aromatic carbocycles. The van der Waals surface area contributed by atoms with Gasteiger partial charge in [0, 0.05) is 0 Å². The van der Waals surface area contributed by atoms with E-state index in [4.69, 9.17) is 4.74 Å². The third kappa shape index (κ3) is 6.45. The first kappa shape index (κ1) is 27.7. The van der Waals surface area contributed by atoms with E-state index in [1.807, 2.05) is 6.92 Å². The summed E-state index contributed by atoms with van der Waals surface area (Å²) in [7, 11) is 0. The average molecular weight is 523 g/mol. The van der Waals surface area contributed by atoms with Crippen molar-refractivity contribution in [3.05, 3.63) is 64.7 Å². The number of aryl methyl sites for hydroxylation is 2. The Morgan fingerprint density at radius 1 is 0.658 bits per heavy atom. The minimum atomic E-state index is -0.812. The summed E-state index contributed by atoms with van der Waals surface area (Å²) in [5.41, 5.74) is 3.49. The number of rotatable bonds is 9. The summed E-state index contributed by atoms with van der Waals surface area (Å²) >= 11 is 0. The van der Waals surface area contributed by atoms with Gasteiger partial charge in [0.2, 0.25) is 5.82 Å². The second-order valence-corrected chi connectivity index (χ2v) is 12.8. The first-order valence-corrected chi connectivity index (χ1v) is 15.7. The Morgan fingerprint density at radius 2 is 1.29 bits per heavy atom. The van der Waals surface area contributed by atoms with Crippen molar-refractivity contribution >= 4 is 0 Å². The third-order valence-corrected chi connectivity index (χ3v) is 10.3. The van der Waals surface area contributed by atoms with Gasteiger partial charge in [-0.1, -0.05) is 57.0 Å². The minimum absolute atomic E-state index is 0.0840. The topological polar surface area (TPSA) is 9.23 Å². The number of ether oxygens (including phenoxy) is 1. The molecule has 0 amide bonds. The molecule has 1 nitrogen and oxygen atoms in total. The fraction of sp³-hybridized carbons (Fsp3) is 0.657. The van der Waals surface area contributed by atoms with Gasteiger partial charge in [-0.05, 0) is 135 Å². The highest BCUT2D eigenvalue weighted by Gasteiger charge is 2.39. The van der Waals surface area contributed by atoms with Crippen molar-refractivity contribution < 1.29 is 13.5 Å². The van der Waals surface area contributed by atoms with Gasteiger partial charge in [-0.2, -0.15) is 4.39 Å². The summed E-state index contributed by atoms with van der Waals surface area (Å²) in [6.07, 6.45) is 17.1. The van der Waals surface area contributed by atoms with Crippen LogP contribution in [0.2, 0.25) is 0 Å². The monoisotopic (exact) mass is 522 g/mol. The Hall–Kier alpha value is -1.90. The van der Waals surface area contributed by atoms with Crippen LogP contribution in [0.15, 0.2) is 36.4 Å². The van der Waals surface area contributed by atoms with Crippen LogP contribution < -0.4 is 4.74 Å². The van der Waals surface area contributed by atoms with Gasteiger partial charge in [-0.25, -0.2) is 4.39 Å². The lowest BCUT2D eigenvalue weighted by Gasteiger charge is -2.45. The van der Waals surface area contributed by atoms with Crippen molar-refractivity contribution in [2.75, 3.05) is 6.61 Å². The summed E-state index contributed by atoms with van der Waals surface area (Å²) in [4.78, 5) is 0. The zero-order valence-corrected chi connectivity index (χ0v) is 23.7. The number of hydrogen-bond acceptors (Lipinski definition) is 1. The van der Waals surface area contributed by atoms with Crippen molar-refractivity contribution in [3.8, 4) is 5.75 Å². The van der Waals surface area contributed by atoms with E-state index in [-0.39, 0.29) is 5.75 Å². The molecule has 0 aromatic heterocycles. The molecule has 0 saturated heterocycles. The zero-order chi connectivity index (χ0) is 26.5. The van der Waals surface area contributed by atoms with Crippen molar-refractivity contribution in [3.63, 3.8) is 0 Å². The lowest BCUT2D eigenvalue weighted by molar-refractivity contribution is 0.0508. The first-order valence-electron chi connectivity index (χ1n) is 15.7. The predicted molar refractivity (Wildman–Crippen MR) is 153 cm³/mol. The van der Waals surface area contributed by atoms with Crippen LogP contribution >= 0.6 is 0 Å². The van der Waals surface area contributed by atoms with Gasteiger partial charge in [-0.3, -0.25) is 0 Å². The van der Waals surface area contributed by atoms with Crippen molar-refractivity contribution in [1.29, 1.82) is 0 Å². The lowest BCUT2D eigenvalue weighted by Crippen LogP contribution is -2.35. The molecule has 0 radical (unpaired) electrons. The van der Waals surface area contributed by atoms with E-state index in [1.165, 1.54) is 76.2 Å². The molecule has 38 heavy (non-hydrogen) atoms. The Labute approximate surface area is 229 Å². The molecule has 4 unspecified atom stereocenters. The maximum Gasteiger partial charge on any atom is 0.200 e. The zero-order valence-electron chi connectivity index (χ0n) is 23.7. The second-order valence-electron chi connectivity index (χ2n) is 12.8. The third-order valence-electron chi connectivity index (χ3n) is 10.3. The maximum atomic E-state index is 14.5. The van der Waals surface area contributed by atoms with Crippen LogP contribution in [-0.2, 0) is 12.8 Å². The summed E-state index contributed by atoms with van der Waals surface area (Å²) in [5, 5.41) is 0. The predicted octanol–water partition coefficient (Wildman–Crippen LogP) is 10.1. The first-order chi connectivity index (χ1) is 18.6. The fourth-order valence-electron chi connectivity index (χ4n) is 8.12.